The summed E-state index contributed by atoms with van der Waals surface area (Å²) in [5.74, 6) is 0.394. The molecular weight excluding hydrogens is 482 g/mol. The first-order chi connectivity index (χ1) is 17.9. The molecule has 0 radical (unpaired) electrons. The Labute approximate surface area is 232 Å². The van der Waals surface area contributed by atoms with Crippen molar-refractivity contribution in [1.82, 2.24) is 0 Å². The van der Waals surface area contributed by atoms with Gasteiger partial charge in [-0.15, -0.1) is 11.8 Å². The average molecular weight is 522 g/mol. The smallest absolute Gasteiger partial charge is 0.123 e. The molecule has 196 valence electrons. The van der Waals surface area contributed by atoms with E-state index in [0.717, 1.165) is 18.2 Å². The molecule has 0 bridgehead atoms. The van der Waals surface area contributed by atoms with E-state index in [2.05, 4.69) is 120 Å². The van der Waals surface area contributed by atoms with Crippen LogP contribution < -0.4 is 4.90 Å². The fourth-order valence-corrected chi connectivity index (χ4v) is 8.83. The molecule has 0 saturated heterocycles. The zero-order valence-corrected chi connectivity index (χ0v) is 24.6. The van der Waals surface area contributed by atoms with Crippen LogP contribution in [-0.2, 0) is 5.41 Å². The number of phenolic OH excluding ortho intramolecular Hbond substituents is 1. The summed E-state index contributed by atoms with van der Waals surface area (Å²) < 4.78 is 0. The molecule has 1 saturated carbocycles. The van der Waals surface area contributed by atoms with Crippen LogP contribution in [0.3, 0.4) is 0 Å². The fourth-order valence-electron chi connectivity index (χ4n) is 8.19. The maximum Gasteiger partial charge on any atom is 0.123 e. The molecule has 0 amide bonds. The zero-order valence-electron chi connectivity index (χ0n) is 23.8. The minimum absolute atomic E-state index is 0.0803. The lowest BCUT2D eigenvalue weighted by molar-refractivity contribution is 0.0645. The first kappa shape index (κ1) is 25.4. The molecular formula is C35H39NOS. The number of fused-ring (bicyclic) bond motifs is 7. The summed E-state index contributed by atoms with van der Waals surface area (Å²) in [4.78, 5) is 3.36. The van der Waals surface area contributed by atoms with Gasteiger partial charge >= 0.3 is 0 Å². The van der Waals surface area contributed by atoms with Gasteiger partial charge in [-0.25, -0.2) is 0 Å². The minimum atomic E-state index is -0.0803. The van der Waals surface area contributed by atoms with Crippen molar-refractivity contribution in [3.05, 3.63) is 77.9 Å². The van der Waals surface area contributed by atoms with Gasteiger partial charge in [-0.1, -0.05) is 64.1 Å². The summed E-state index contributed by atoms with van der Waals surface area (Å²) >= 11 is 1.78. The van der Waals surface area contributed by atoms with Gasteiger partial charge in [-0.05, 0) is 105 Å². The Hall–Kier alpha value is -2.91. The Morgan fingerprint density at radius 2 is 1.39 bits per heavy atom. The Bertz CT molecular complexity index is 1550. The summed E-state index contributed by atoms with van der Waals surface area (Å²) in [6.45, 7) is 9.71. The summed E-state index contributed by atoms with van der Waals surface area (Å²) in [5.41, 5.74) is 9.31. The fraction of sp³-hybridized carbons (Fsp3) is 0.371. The lowest BCUT2D eigenvalue weighted by Gasteiger charge is -2.51. The largest absolute Gasteiger partial charge is 0.507 e. The van der Waals surface area contributed by atoms with E-state index >= 15 is 0 Å². The third-order valence-corrected chi connectivity index (χ3v) is 9.65. The number of hydrogen-bond donors (Lipinski definition) is 1. The standard InChI is InChI=1S/C35H39NOS/c1-33(2)19-34(3,4)21-35(20-33)28-11-9-8-10-24(28)32-27-17-31(38-7)25(16-26(27)30(37)18-29(32)35)22-12-14-23(15-13-22)36(5)6/h8-18,37H,19-21H2,1-7H3. The molecule has 1 fully saturated rings. The number of anilines is 1. The Morgan fingerprint density at radius 1 is 0.737 bits per heavy atom. The van der Waals surface area contributed by atoms with Crippen LogP contribution in [0.25, 0.3) is 33.0 Å². The predicted molar refractivity (Wildman–Crippen MR) is 165 cm³/mol. The molecule has 1 spiro atoms. The Kier molecular flexibility index (Phi) is 5.71. The molecule has 6 rings (SSSR count). The van der Waals surface area contributed by atoms with Crippen molar-refractivity contribution in [2.24, 2.45) is 10.8 Å². The molecule has 0 aromatic heterocycles. The quantitative estimate of drug-likeness (QED) is 0.272. The topological polar surface area (TPSA) is 23.5 Å². The number of thioether (sulfide) groups is 1. The maximum atomic E-state index is 11.6. The van der Waals surface area contributed by atoms with Gasteiger partial charge in [0, 0.05) is 35.5 Å². The van der Waals surface area contributed by atoms with Crippen molar-refractivity contribution in [2.75, 3.05) is 25.3 Å². The number of rotatable bonds is 3. The van der Waals surface area contributed by atoms with Crippen LogP contribution in [-0.4, -0.2) is 25.5 Å². The number of phenols is 1. The number of aromatic hydroxyl groups is 1. The highest BCUT2D eigenvalue weighted by atomic mass is 32.2. The van der Waals surface area contributed by atoms with E-state index in [1.165, 1.54) is 55.8 Å². The van der Waals surface area contributed by atoms with Gasteiger partial charge in [0.05, 0.1) is 0 Å². The van der Waals surface area contributed by atoms with Crippen LogP contribution in [0.5, 0.6) is 5.75 Å². The van der Waals surface area contributed by atoms with E-state index in [1.54, 1.807) is 11.8 Å². The van der Waals surface area contributed by atoms with Crippen molar-refractivity contribution < 1.29 is 5.11 Å². The highest BCUT2D eigenvalue weighted by Gasteiger charge is 2.53. The number of benzene rings is 4. The predicted octanol–water partition coefficient (Wildman–Crippen LogP) is 9.50. The lowest BCUT2D eigenvalue weighted by atomic mass is 9.52. The molecule has 1 N–H and O–H groups in total. The molecule has 4 aromatic rings. The molecule has 0 atom stereocenters. The van der Waals surface area contributed by atoms with Gasteiger partial charge in [-0.3, -0.25) is 0 Å². The molecule has 0 heterocycles. The van der Waals surface area contributed by atoms with E-state index in [9.17, 15) is 5.11 Å². The molecule has 0 aliphatic heterocycles. The molecule has 38 heavy (non-hydrogen) atoms. The normalized spacial score (nSPS) is 18.4. The van der Waals surface area contributed by atoms with Crippen LogP contribution in [0.4, 0.5) is 5.69 Å². The molecule has 2 aliphatic carbocycles. The Morgan fingerprint density at radius 3 is 2.03 bits per heavy atom. The van der Waals surface area contributed by atoms with Crippen molar-refractivity contribution >= 4 is 28.2 Å². The zero-order chi connectivity index (χ0) is 27.0. The van der Waals surface area contributed by atoms with Crippen molar-refractivity contribution in [3.63, 3.8) is 0 Å². The maximum absolute atomic E-state index is 11.6. The molecule has 2 nitrogen and oxygen atoms in total. The van der Waals surface area contributed by atoms with Gasteiger partial charge in [-0.2, -0.15) is 0 Å². The van der Waals surface area contributed by atoms with E-state index in [-0.39, 0.29) is 16.2 Å². The van der Waals surface area contributed by atoms with Crippen LogP contribution in [0, 0.1) is 10.8 Å². The van der Waals surface area contributed by atoms with Gasteiger partial charge < -0.3 is 10.0 Å². The van der Waals surface area contributed by atoms with Crippen molar-refractivity contribution in [2.45, 2.75) is 57.3 Å². The second-order valence-corrected chi connectivity index (χ2v) is 14.2. The monoisotopic (exact) mass is 521 g/mol. The van der Waals surface area contributed by atoms with Gasteiger partial charge in [0.25, 0.3) is 0 Å². The van der Waals surface area contributed by atoms with Crippen LogP contribution >= 0.6 is 11.8 Å². The van der Waals surface area contributed by atoms with E-state index in [1.807, 2.05) is 0 Å². The van der Waals surface area contributed by atoms with E-state index < -0.39 is 0 Å². The first-order valence-electron chi connectivity index (χ1n) is 13.7. The SMILES string of the molecule is CSc1cc2c3c(cc(O)c2cc1-c1ccc(N(C)C)cc1)C1(CC(C)(C)CC(C)(C)C1)c1ccccc1-3. The highest BCUT2D eigenvalue weighted by molar-refractivity contribution is 7.98. The van der Waals surface area contributed by atoms with Gasteiger partial charge in [0.15, 0.2) is 0 Å². The Balaban J connectivity index is 1.63. The molecule has 3 heteroatoms. The highest BCUT2D eigenvalue weighted by Crippen LogP contribution is 2.65. The summed E-state index contributed by atoms with van der Waals surface area (Å²) in [5, 5.41) is 13.7. The summed E-state index contributed by atoms with van der Waals surface area (Å²) in [7, 11) is 4.13. The third-order valence-electron chi connectivity index (χ3n) is 8.88. The summed E-state index contributed by atoms with van der Waals surface area (Å²) in [6.07, 6.45) is 5.57. The van der Waals surface area contributed by atoms with Crippen LogP contribution in [0.1, 0.15) is 58.1 Å². The lowest BCUT2D eigenvalue weighted by Crippen LogP contribution is -2.43. The minimum Gasteiger partial charge on any atom is -0.507 e. The second-order valence-electron chi connectivity index (χ2n) is 13.3. The van der Waals surface area contributed by atoms with E-state index in [0.29, 0.717) is 5.75 Å². The summed E-state index contributed by atoms with van der Waals surface area (Å²) in [6, 6.07) is 24.4. The van der Waals surface area contributed by atoms with Crippen LogP contribution in [0.15, 0.2) is 71.6 Å². The molecule has 2 aliphatic rings. The molecule has 0 unspecified atom stereocenters. The third kappa shape index (κ3) is 3.85. The molecule has 4 aromatic carbocycles. The van der Waals surface area contributed by atoms with Crippen molar-refractivity contribution in [3.8, 4) is 28.0 Å². The van der Waals surface area contributed by atoms with Gasteiger partial charge in [0.2, 0.25) is 0 Å². The van der Waals surface area contributed by atoms with Gasteiger partial charge in [0.1, 0.15) is 5.75 Å². The average Bonchev–Trinajstić information content (AvgIpc) is 3.10. The second kappa shape index (κ2) is 8.55. The number of hydrogen-bond acceptors (Lipinski definition) is 3. The van der Waals surface area contributed by atoms with Crippen LogP contribution in [0.2, 0.25) is 0 Å². The van der Waals surface area contributed by atoms with E-state index in [4.69, 9.17) is 0 Å². The first-order valence-corrected chi connectivity index (χ1v) is 14.9. The number of nitrogens with zero attached hydrogens (tertiary/aromatic N) is 1. The van der Waals surface area contributed by atoms with Crippen molar-refractivity contribution in [1.29, 1.82) is 0 Å².